The van der Waals surface area contributed by atoms with Crippen molar-refractivity contribution in [3.63, 3.8) is 0 Å². The summed E-state index contributed by atoms with van der Waals surface area (Å²) in [5.74, 6) is 4.81. The van der Waals surface area contributed by atoms with Gasteiger partial charge in [-0.2, -0.15) is 4.98 Å². The molecule has 38 heavy (non-hydrogen) atoms. The molecule has 2 fully saturated rings. The van der Waals surface area contributed by atoms with Crippen molar-refractivity contribution in [3.05, 3.63) is 55.8 Å². The quantitative estimate of drug-likeness (QED) is 0.394. The Hall–Kier alpha value is -3.68. The van der Waals surface area contributed by atoms with Crippen molar-refractivity contribution >= 4 is 5.82 Å². The molecule has 0 spiro atoms. The van der Waals surface area contributed by atoms with Crippen LogP contribution in [-0.4, -0.2) is 53.2 Å². The van der Waals surface area contributed by atoms with E-state index < -0.39 is 59.2 Å². The largest absolute Gasteiger partial charge is 0.392 e. The van der Waals surface area contributed by atoms with Gasteiger partial charge in [0.05, 0.1) is 6.61 Å². The molecular formula is C26H33N5O7. The van der Waals surface area contributed by atoms with Gasteiger partial charge in [-0.3, -0.25) is 18.9 Å². The first-order chi connectivity index (χ1) is 17.9. The number of nitrogen functional groups attached to an aromatic ring is 1. The fourth-order valence-electron chi connectivity index (χ4n) is 4.91. The highest BCUT2D eigenvalue weighted by molar-refractivity contribution is 5.24. The van der Waals surface area contributed by atoms with E-state index in [1.807, 2.05) is 20.8 Å². The van der Waals surface area contributed by atoms with Crippen LogP contribution in [0.1, 0.15) is 46.6 Å². The molecule has 0 aliphatic carbocycles. The van der Waals surface area contributed by atoms with Gasteiger partial charge >= 0.3 is 11.4 Å². The van der Waals surface area contributed by atoms with Crippen molar-refractivity contribution in [2.45, 2.75) is 63.9 Å². The number of anilines is 1. The molecule has 0 bridgehead atoms. The number of aliphatic hydroxyl groups is 2. The second kappa shape index (κ2) is 11.0. The van der Waals surface area contributed by atoms with Crippen LogP contribution >= 0.6 is 0 Å². The molecule has 0 aromatic carbocycles. The van der Waals surface area contributed by atoms with E-state index in [4.69, 9.17) is 28.1 Å². The Balaban J connectivity index is 0.000000211. The molecule has 2 aliphatic rings. The number of H-pyrrole nitrogens is 1. The fraction of sp³-hybridized carbons (Fsp3) is 0.538. The van der Waals surface area contributed by atoms with Gasteiger partial charge in [0, 0.05) is 36.2 Å². The summed E-state index contributed by atoms with van der Waals surface area (Å²) in [4.78, 5) is 40.5. The molecule has 204 valence electrons. The first-order valence-corrected chi connectivity index (χ1v) is 12.2. The SMILES string of the molecule is C#CC1(CC)OC(n2ccc(=O)[nH]c2=O)C(C)C1C.C#CC1(CO)OC(n2ccc(N)nc2=O)C(C)C1O. The van der Waals surface area contributed by atoms with Crippen molar-refractivity contribution < 1.29 is 19.7 Å². The number of ether oxygens (including phenoxy) is 2. The number of hydrogen-bond donors (Lipinski definition) is 4. The normalized spacial score (nSPS) is 34.1. The summed E-state index contributed by atoms with van der Waals surface area (Å²) >= 11 is 0. The Kier molecular flexibility index (Phi) is 8.34. The Morgan fingerprint density at radius 2 is 1.63 bits per heavy atom. The number of nitrogens with zero attached hydrogens (tertiary/aromatic N) is 3. The summed E-state index contributed by atoms with van der Waals surface area (Å²) in [5.41, 5.74) is 1.75. The van der Waals surface area contributed by atoms with Crippen molar-refractivity contribution in [1.29, 1.82) is 0 Å². The third-order valence-electron chi connectivity index (χ3n) is 7.56. The zero-order chi connectivity index (χ0) is 28.4. The molecule has 5 N–H and O–H groups in total. The summed E-state index contributed by atoms with van der Waals surface area (Å²) in [6.45, 7) is 7.14. The minimum Gasteiger partial charge on any atom is -0.392 e. The highest BCUT2D eigenvalue weighted by Crippen LogP contribution is 2.46. The van der Waals surface area contributed by atoms with E-state index in [1.54, 1.807) is 6.92 Å². The number of nitrogens with one attached hydrogen (secondary N) is 1. The van der Waals surface area contributed by atoms with Crippen LogP contribution in [0.15, 0.2) is 38.9 Å². The van der Waals surface area contributed by atoms with E-state index in [0.717, 1.165) is 0 Å². The number of hydrogen-bond acceptors (Lipinski definition) is 9. The number of terminal acetylenes is 2. The molecule has 8 atom stereocenters. The summed E-state index contributed by atoms with van der Waals surface area (Å²) in [7, 11) is 0. The molecule has 4 heterocycles. The number of aromatic amines is 1. The molecule has 0 saturated carbocycles. The van der Waals surface area contributed by atoms with Crippen LogP contribution in [0.4, 0.5) is 5.82 Å². The molecule has 12 heteroatoms. The molecule has 0 amide bonds. The lowest BCUT2D eigenvalue weighted by Crippen LogP contribution is -2.43. The molecule has 4 rings (SSSR count). The van der Waals surface area contributed by atoms with Crippen LogP contribution in [0.25, 0.3) is 0 Å². The van der Waals surface area contributed by atoms with Crippen LogP contribution in [0.5, 0.6) is 0 Å². The smallest absolute Gasteiger partial charge is 0.351 e. The van der Waals surface area contributed by atoms with Gasteiger partial charge in [-0.25, -0.2) is 9.59 Å². The molecule has 2 aliphatic heterocycles. The Morgan fingerprint density at radius 3 is 2.11 bits per heavy atom. The second-order valence-electron chi connectivity index (χ2n) is 9.61. The molecule has 0 radical (unpaired) electrons. The third kappa shape index (κ3) is 4.91. The number of aromatic nitrogens is 4. The Morgan fingerprint density at radius 1 is 1.05 bits per heavy atom. The van der Waals surface area contributed by atoms with Gasteiger partial charge in [0.1, 0.15) is 30.0 Å². The van der Waals surface area contributed by atoms with Crippen molar-refractivity contribution in [1.82, 2.24) is 19.1 Å². The van der Waals surface area contributed by atoms with Gasteiger partial charge in [0.2, 0.25) is 0 Å². The summed E-state index contributed by atoms with van der Waals surface area (Å²) in [6.07, 6.45) is 12.1. The molecule has 2 aromatic rings. The molecular weight excluding hydrogens is 494 g/mol. The summed E-state index contributed by atoms with van der Waals surface area (Å²) in [6, 6.07) is 2.75. The minimum absolute atomic E-state index is 0.0830. The lowest BCUT2D eigenvalue weighted by molar-refractivity contribution is -0.0918. The van der Waals surface area contributed by atoms with E-state index in [2.05, 4.69) is 21.8 Å². The number of rotatable bonds is 4. The second-order valence-corrected chi connectivity index (χ2v) is 9.61. The van der Waals surface area contributed by atoms with Gasteiger partial charge in [-0.1, -0.05) is 39.5 Å². The van der Waals surface area contributed by atoms with Crippen molar-refractivity contribution in [2.24, 2.45) is 17.8 Å². The van der Waals surface area contributed by atoms with Gasteiger partial charge in [-0.05, 0) is 12.5 Å². The van der Waals surface area contributed by atoms with E-state index in [1.165, 1.54) is 33.7 Å². The minimum atomic E-state index is -1.51. The van der Waals surface area contributed by atoms with E-state index in [0.29, 0.717) is 6.42 Å². The van der Waals surface area contributed by atoms with Gasteiger partial charge in [-0.15, -0.1) is 12.8 Å². The van der Waals surface area contributed by atoms with Gasteiger partial charge in [0.25, 0.3) is 5.56 Å². The first-order valence-electron chi connectivity index (χ1n) is 12.2. The predicted octanol–water partition coefficient (Wildman–Crippen LogP) is -0.165. The average Bonchev–Trinajstić information content (AvgIpc) is 3.30. The van der Waals surface area contributed by atoms with Crippen LogP contribution in [-0.2, 0) is 9.47 Å². The highest BCUT2D eigenvalue weighted by atomic mass is 16.6. The van der Waals surface area contributed by atoms with Crippen LogP contribution < -0.4 is 22.7 Å². The summed E-state index contributed by atoms with van der Waals surface area (Å²) < 4.78 is 14.1. The third-order valence-corrected chi connectivity index (χ3v) is 7.56. The van der Waals surface area contributed by atoms with Gasteiger partial charge in [0.15, 0.2) is 5.60 Å². The van der Waals surface area contributed by atoms with E-state index in [9.17, 15) is 24.6 Å². The average molecular weight is 528 g/mol. The van der Waals surface area contributed by atoms with Crippen molar-refractivity contribution in [3.8, 4) is 24.7 Å². The van der Waals surface area contributed by atoms with E-state index >= 15 is 0 Å². The first kappa shape index (κ1) is 28.9. The highest BCUT2D eigenvalue weighted by Gasteiger charge is 2.53. The molecule has 2 saturated heterocycles. The Bertz CT molecular complexity index is 1420. The van der Waals surface area contributed by atoms with Crippen LogP contribution in [0.3, 0.4) is 0 Å². The zero-order valence-electron chi connectivity index (χ0n) is 21.7. The zero-order valence-corrected chi connectivity index (χ0v) is 21.7. The van der Waals surface area contributed by atoms with Crippen LogP contribution in [0, 0.1) is 42.4 Å². The standard InChI is InChI=1S/C14H18N2O3.C12H15N3O4/c1-5-14(6-2)10(4)9(3)12(19-14)16-8-7-11(17)15-13(16)18;1-3-12(6-16)9(17)7(2)10(19-12)15-5-4-8(13)14-11(15)18/h1,7-10,12H,6H2,2-4H3,(H,15,17,18);1,4-5,7,9-10,16-17H,6H2,2H3,(H2,13,14,18). The van der Waals surface area contributed by atoms with Crippen LogP contribution in [0.2, 0.25) is 0 Å². The number of aliphatic hydroxyl groups excluding tert-OH is 2. The maximum atomic E-state index is 11.8. The molecule has 2 aromatic heterocycles. The predicted molar refractivity (Wildman–Crippen MR) is 138 cm³/mol. The summed E-state index contributed by atoms with van der Waals surface area (Å²) in [5, 5.41) is 19.4. The maximum Gasteiger partial charge on any atom is 0.351 e. The maximum absolute atomic E-state index is 11.8. The van der Waals surface area contributed by atoms with Crippen molar-refractivity contribution in [2.75, 3.05) is 12.3 Å². The molecule has 8 unspecified atom stereocenters. The molecule has 12 nitrogen and oxygen atoms in total. The topological polar surface area (TPSA) is 175 Å². The lowest BCUT2D eigenvalue weighted by atomic mass is 9.81. The van der Waals surface area contributed by atoms with Gasteiger partial charge < -0.3 is 25.4 Å². The number of nitrogens with two attached hydrogens (primary N) is 1. The van der Waals surface area contributed by atoms with E-state index in [-0.39, 0.29) is 17.7 Å². The Labute approximate surface area is 219 Å². The monoisotopic (exact) mass is 527 g/mol. The lowest BCUT2D eigenvalue weighted by Gasteiger charge is -2.26. The fourth-order valence-corrected chi connectivity index (χ4v) is 4.91.